The minimum absolute atomic E-state index is 0.187. The van der Waals surface area contributed by atoms with Gasteiger partial charge in [0.05, 0.1) is 18.7 Å². The number of ether oxygens (including phenoxy) is 1. The Bertz CT molecular complexity index is 427. The van der Waals surface area contributed by atoms with Crippen molar-refractivity contribution >= 4 is 11.6 Å². The molecule has 0 fully saturated rings. The van der Waals surface area contributed by atoms with E-state index in [1.807, 2.05) is 26.8 Å². The predicted octanol–water partition coefficient (Wildman–Crippen LogP) is 4.45. The van der Waals surface area contributed by atoms with Crippen molar-refractivity contribution in [2.75, 3.05) is 6.61 Å². The van der Waals surface area contributed by atoms with Crippen LogP contribution in [-0.4, -0.2) is 17.8 Å². The van der Waals surface area contributed by atoms with Crippen molar-refractivity contribution in [2.24, 2.45) is 0 Å². The summed E-state index contributed by atoms with van der Waals surface area (Å²) in [6.07, 6.45) is -5.22. The van der Waals surface area contributed by atoms with E-state index in [1.165, 1.54) is 0 Å². The number of aromatic nitrogens is 1. The van der Waals surface area contributed by atoms with Gasteiger partial charge in [0.25, 0.3) is 0 Å². The summed E-state index contributed by atoms with van der Waals surface area (Å²) < 4.78 is 41.2. The Morgan fingerprint density at radius 3 is 2.32 bits per heavy atom. The highest BCUT2D eigenvalue weighted by Crippen LogP contribution is 2.26. The summed E-state index contributed by atoms with van der Waals surface area (Å²) in [5.74, 6) is 0.452. The normalized spacial score (nSPS) is 12.6. The van der Waals surface area contributed by atoms with Crippen molar-refractivity contribution in [1.82, 2.24) is 4.98 Å². The van der Waals surface area contributed by atoms with Crippen LogP contribution in [0.5, 0.6) is 5.88 Å². The lowest BCUT2D eigenvalue weighted by Crippen LogP contribution is -2.16. The molecule has 0 saturated heterocycles. The van der Waals surface area contributed by atoms with E-state index in [4.69, 9.17) is 16.3 Å². The summed E-state index contributed by atoms with van der Waals surface area (Å²) in [5, 5.41) is 0. The number of hydrogen-bond donors (Lipinski definition) is 0. The summed E-state index contributed by atoms with van der Waals surface area (Å²) >= 11 is 5.76. The molecule has 1 heterocycles. The smallest absolute Gasteiger partial charge is 0.392 e. The minimum Gasteiger partial charge on any atom is -0.477 e. The molecule has 2 nitrogen and oxygen atoms in total. The zero-order valence-electron chi connectivity index (χ0n) is 11.1. The van der Waals surface area contributed by atoms with E-state index >= 15 is 0 Å². The van der Waals surface area contributed by atoms with E-state index < -0.39 is 19.2 Å². The van der Waals surface area contributed by atoms with Gasteiger partial charge in [0.2, 0.25) is 5.88 Å². The van der Waals surface area contributed by atoms with E-state index in [1.54, 1.807) is 6.07 Å². The van der Waals surface area contributed by atoms with Gasteiger partial charge in [-0.25, -0.2) is 4.98 Å². The van der Waals surface area contributed by atoms with Crippen LogP contribution >= 0.6 is 11.6 Å². The Balaban J connectivity index is 2.83. The molecular weight excluding hydrogens is 279 g/mol. The molecule has 0 spiro atoms. The van der Waals surface area contributed by atoms with Gasteiger partial charge in [0.1, 0.15) is 0 Å². The molecule has 6 heteroatoms. The third-order valence-electron chi connectivity index (χ3n) is 2.42. The van der Waals surface area contributed by atoms with Crippen LogP contribution < -0.4 is 4.74 Å². The van der Waals surface area contributed by atoms with Gasteiger partial charge < -0.3 is 4.74 Å². The average Bonchev–Trinajstić information content (AvgIpc) is 2.25. The minimum atomic E-state index is -4.23. The van der Waals surface area contributed by atoms with Crippen molar-refractivity contribution < 1.29 is 17.9 Å². The lowest BCUT2D eigenvalue weighted by Gasteiger charge is -2.19. The van der Waals surface area contributed by atoms with Crippen LogP contribution in [0.15, 0.2) is 12.1 Å². The van der Waals surface area contributed by atoms with Gasteiger partial charge in [0, 0.05) is 17.4 Å². The summed E-state index contributed by atoms with van der Waals surface area (Å²) in [4.78, 5) is 4.22. The highest BCUT2D eigenvalue weighted by molar-refractivity contribution is 6.17. The number of nitrogens with zero attached hydrogens (tertiary/aromatic N) is 1. The summed E-state index contributed by atoms with van der Waals surface area (Å²) in [5.41, 5.74) is 1.31. The third-order valence-corrected chi connectivity index (χ3v) is 2.73. The summed E-state index contributed by atoms with van der Waals surface area (Å²) in [7, 11) is 0. The van der Waals surface area contributed by atoms with Crippen LogP contribution in [0.2, 0.25) is 0 Å². The van der Waals surface area contributed by atoms with Gasteiger partial charge in [-0.1, -0.05) is 20.8 Å². The average molecular weight is 296 g/mol. The van der Waals surface area contributed by atoms with Crippen LogP contribution in [-0.2, 0) is 11.3 Å². The third kappa shape index (κ3) is 5.68. The number of rotatable bonds is 4. The Morgan fingerprint density at radius 2 is 1.84 bits per heavy atom. The number of pyridine rings is 1. The predicted molar refractivity (Wildman–Crippen MR) is 68.7 cm³/mol. The summed E-state index contributed by atoms with van der Waals surface area (Å²) in [6, 6.07) is 3.40. The van der Waals surface area contributed by atoms with E-state index in [-0.39, 0.29) is 17.2 Å². The lowest BCUT2D eigenvalue weighted by molar-refractivity contribution is -0.139. The lowest BCUT2D eigenvalue weighted by atomic mass is 9.91. The molecule has 0 bridgehead atoms. The quantitative estimate of drug-likeness (QED) is 0.766. The monoisotopic (exact) mass is 295 g/mol. The molecule has 0 radical (unpaired) electrons. The maximum atomic E-state index is 12.1. The van der Waals surface area contributed by atoms with Crippen LogP contribution in [0.25, 0.3) is 0 Å². The highest BCUT2D eigenvalue weighted by Gasteiger charge is 2.27. The van der Waals surface area contributed by atoms with Crippen molar-refractivity contribution in [3.05, 3.63) is 23.4 Å². The zero-order valence-corrected chi connectivity index (χ0v) is 11.9. The van der Waals surface area contributed by atoms with Crippen LogP contribution in [0.3, 0.4) is 0 Å². The number of halogens is 4. The molecule has 0 aliphatic heterocycles. The molecule has 0 unspecified atom stereocenters. The molecule has 0 aliphatic carbocycles. The van der Waals surface area contributed by atoms with E-state index in [0.29, 0.717) is 0 Å². The first-order chi connectivity index (χ1) is 8.62. The van der Waals surface area contributed by atoms with Gasteiger partial charge in [-0.2, -0.15) is 13.2 Å². The second-order valence-corrected chi connectivity index (χ2v) is 5.56. The molecule has 19 heavy (non-hydrogen) atoms. The molecule has 108 valence electrons. The fraction of sp³-hybridized carbons (Fsp3) is 0.615. The van der Waals surface area contributed by atoms with Crippen molar-refractivity contribution in [3.8, 4) is 5.88 Å². The highest BCUT2D eigenvalue weighted by atomic mass is 35.5. The molecule has 0 atom stereocenters. The molecule has 1 aromatic heterocycles. The van der Waals surface area contributed by atoms with Gasteiger partial charge in [-0.05, 0) is 11.6 Å². The molecular formula is C13H17ClF3NO. The first-order valence-corrected chi connectivity index (χ1v) is 6.42. The Morgan fingerprint density at radius 1 is 1.21 bits per heavy atom. The SMILES string of the molecule is CC(C)(C)c1cc(CCl)cc(OCCC(F)(F)F)n1. The molecule has 1 rings (SSSR count). The second-order valence-electron chi connectivity index (χ2n) is 5.30. The number of hydrogen-bond acceptors (Lipinski definition) is 2. The van der Waals surface area contributed by atoms with Gasteiger partial charge in [-0.3, -0.25) is 0 Å². The van der Waals surface area contributed by atoms with Gasteiger partial charge >= 0.3 is 6.18 Å². The van der Waals surface area contributed by atoms with Crippen LogP contribution in [0, 0.1) is 0 Å². The van der Waals surface area contributed by atoms with Gasteiger partial charge in [0.15, 0.2) is 0 Å². The van der Waals surface area contributed by atoms with Crippen molar-refractivity contribution in [2.45, 2.75) is 44.7 Å². The maximum Gasteiger partial charge on any atom is 0.392 e. The zero-order chi connectivity index (χ0) is 14.7. The second kappa shape index (κ2) is 5.99. The standard InChI is InChI=1S/C13H17ClF3NO/c1-12(2,3)10-6-9(8-14)7-11(18-10)19-5-4-13(15,16)17/h6-7H,4-5,8H2,1-3H3. The van der Waals surface area contributed by atoms with E-state index in [9.17, 15) is 13.2 Å². The van der Waals surface area contributed by atoms with E-state index in [0.717, 1.165) is 11.3 Å². The first kappa shape index (κ1) is 16.1. The fourth-order valence-corrected chi connectivity index (χ4v) is 1.52. The number of alkyl halides is 4. The molecule has 0 aliphatic rings. The van der Waals surface area contributed by atoms with Crippen molar-refractivity contribution in [1.29, 1.82) is 0 Å². The first-order valence-electron chi connectivity index (χ1n) is 5.89. The fourth-order valence-electron chi connectivity index (χ4n) is 1.37. The van der Waals surface area contributed by atoms with E-state index in [2.05, 4.69) is 4.98 Å². The molecule has 0 saturated carbocycles. The molecule has 0 amide bonds. The summed E-state index contributed by atoms with van der Waals surface area (Å²) in [6.45, 7) is 5.46. The Hall–Kier alpha value is -0.970. The van der Waals surface area contributed by atoms with Crippen LogP contribution in [0.4, 0.5) is 13.2 Å². The van der Waals surface area contributed by atoms with Crippen LogP contribution in [0.1, 0.15) is 38.4 Å². The van der Waals surface area contributed by atoms with Crippen molar-refractivity contribution in [3.63, 3.8) is 0 Å². The largest absolute Gasteiger partial charge is 0.477 e. The Kier molecular flexibility index (Phi) is 5.07. The Labute approximate surface area is 115 Å². The maximum absolute atomic E-state index is 12.1. The topological polar surface area (TPSA) is 22.1 Å². The molecule has 0 N–H and O–H groups in total. The molecule has 0 aromatic carbocycles. The molecule has 1 aromatic rings. The van der Waals surface area contributed by atoms with Gasteiger partial charge in [-0.15, -0.1) is 11.6 Å².